The van der Waals surface area contributed by atoms with Crippen LogP contribution >= 0.6 is 0 Å². The molecule has 2 aliphatic rings. The van der Waals surface area contributed by atoms with Gasteiger partial charge in [0.15, 0.2) is 11.5 Å². The number of hydrogen-bond acceptors (Lipinski definition) is 7. The molecular formula is C18H10N2O7. The van der Waals surface area contributed by atoms with Crippen molar-refractivity contribution in [3.05, 3.63) is 97.3 Å². The van der Waals surface area contributed by atoms with E-state index in [1.54, 1.807) is 0 Å². The van der Waals surface area contributed by atoms with Crippen molar-refractivity contribution >= 4 is 22.8 Å². The van der Waals surface area contributed by atoms with Gasteiger partial charge in [0.25, 0.3) is 5.78 Å². The molecule has 1 aromatic carbocycles. The summed E-state index contributed by atoms with van der Waals surface area (Å²) in [6.07, 6.45) is 7.55. The molecular weight excluding hydrogens is 356 g/mol. The van der Waals surface area contributed by atoms with Gasteiger partial charge in [0.05, 0.1) is 9.85 Å². The minimum absolute atomic E-state index is 0.0186. The second-order valence-electron chi connectivity index (χ2n) is 5.61. The van der Waals surface area contributed by atoms with Crippen molar-refractivity contribution in [1.82, 2.24) is 0 Å². The number of ketones is 2. The highest BCUT2D eigenvalue weighted by Crippen LogP contribution is 2.34. The van der Waals surface area contributed by atoms with Gasteiger partial charge in [-0.3, -0.25) is 29.8 Å². The van der Waals surface area contributed by atoms with Crippen molar-refractivity contribution < 1.29 is 24.5 Å². The first kappa shape index (κ1) is 17.7. The van der Waals surface area contributed by atoms with Crippen LogP contribution in [0.1, 0.15) is 5.56 Å². The molecule has 3 rings (SSSR count). The third kappa shape index (κ3) is 3.33. The Labute approximate surface area is 151 Å². The summed E-state index contributed by atoms with van der Waals surface area (Å²) in [6.45, 7) is 0. The highest BCUT2D eigenvalue weighted by molar-refractivity contribution is 6.15. The largest absolute Gasteiger partial charge is 0.502 e. The van der Waals surface area contributed by atoms with Gasteiger partial charge in [-0.25, -0.2) is 0 Å². The first-order chi connectivity index (χ1) is 12.8. The number of nitro benzene ring substituents is 1. The highest BCUT2D eigenvalue weighted by atomic mass is 16.6. The lowest BCUT2D eigenvalue weighted by atomic mass is 9.89. The summed E-state index contributed by atoms with van der Waals surface area (Å²) < 4.78 is 0. The van der Waals surface area contributed by atoms with Crippen LogP contribution in [0.2, 0.25) is 0 Å². The number of Topliss-reactive ketones (excluding diaryl/α,β-unsaturated/α-hetero) is 1. The van der Waals surface area contributed by atoms with Gasteiger partial charge in [-0.1, -0.05) is 18.2 Å². The molecule has 0 saturated heterocycles. The SMILES string of the molecule is O=C1C=CC(=C2C=C(c3ccc(O)c([N+](=O)[O-])c3)C=C([N+](=O)[O-])C2=O)C=C1. The van der Waals surface area contributed by atoms with Crippen LogP contribution in [0.5, 0.6) is 5.75 Å². The highest BCUT2D eigenvalue weighted by Gasteiger charge is 2.31. The maximum atomic E-state index is 12.4. The molecule has 0 heterocycles. The summed E-state index contributed by atoms with van der Waals surface area (Å²) in [6, 6.07) is 3.50. The number of carbonyl (C=O) groups is 2. The van der Waals surface area contributed by atoms with Crippen LogP contribution in [0.4, 0.5) is 5.69 Å². The normalized spacial score (nSPS) is 16.3. The van der Waals surface area contributed by atoms with E-state index in [-0.39, 0.29) is 22.5 Å². The Morgan fingerprint density at radius 1 is 0.889 bits per heavy atom. The molecule has 0 spiro atoms. The van der Waals surface area contributed by atoms with Crippen molar-refractivity contribution in [2.24, 2.45) is 0 Å². The second kappa shape index (κ2) is 6.64. The van der Waals surface area contributed by atoms with Crippen LogP contribution in [0.15, 0.2) is 71.5 Å². The van der Waals surface area contributed by atoms with Gasteiger partial charge >= 0.3 is 11.4 Å². The van der Waals surface area contributed by atoms with Crippen molar-refractivity contribution in [3.8, 4) is 5.75 Å². The van der Waals surface area contributed by atoms with Gasteiger partial charge in [0.2, 0.25) is 0 Å². The third-order valence-electron chi connectivity index (χ3n) is 3.94. The van der Waals surface area contributed by atoms with Crippen LogP contribution in [-0.2, 0) is 9.59 Å². The van der Waals surface area contributed by atoms with Gasteiger partial charge in [-0.2, -0.15) is 0 Å². The fraction of sp³-hybridized carbons (Fsp3) is 0. The van der Waals surface area contributed by atoms with E-state index in [4.69, 9.17) is 0 Å². The third-order valence-corrected chi connectivity index (χ3v) is 3.94. The lowest BCUT2D eigenvalue weighted by Crippen LogP contribution is -2.17. The molecule has 0 amide bonds. The maximum Gasteiger partial charge on any atom is 0.317 e. The zero-order valence-corrected chi connectivity index (χ0v) is 13.5. The predicted molar refractivity (Wildman–Crippen MR) is 93.1 cm³/mol. The van der Waals surface area contributed by atoms with E-state index in [0.717, 1.165) is 18.2 Å². The van der Waals surface area contributed by atoms with E-state index in [2.05, 4.69) is 0 Å². The predicted octanol–water partition coefficient (Wildman–Crippen LogP) is 2.42. The molecule has 0 atom stereocenters. The minimum atomic E-state index is -0.841. The Bertz CT molecular complexity index is 1050. The first-order valence-corrected chi connectivity index (χ1v) is 7.52. The monoisotopic (exact) mass is 366 g/mol. The molecule has 0 saturated carbocycles. The minimum Gasteiger partial charge on any atom is -0.502 e. The molecule has 134 valence electrons. The fourth-order valence-electron chi connectivity index (χ4n) is 2.61. The van der Waals surface area contributed by atoms with Crippen molar-refractivity contribution in [1.29, 1.82) is 0 Å². The van der Waals surface area contributed by atoms with E-state index < -0.39 is 32.8 Å². The molecule has 0 unspecified atom stereocenters. The Hall–Kier alpha value is -4.14. The van der Waals surface area contributed by atoms with Gasteiger partial charge in [-0.15, -0.1) is 0 Å². The van der Waals surface area contributed by atoms with Crippen LogP contribution in [-0.4, -0.2) is 26.5 Å². The van der Waals surface area contributed by atoms with E-state index >= 15 is 0 Å². The van der Waals surface area contributed by atoms with E-state index in [9.17, 15) is 34.9 Å². The number of nitro groups is 2. The summed E-state index contributed by atoms with van der Waals surface area (Å²) in [5.74, 6) is -1.67. The quantitative estimate of drug-likeness (QED) is 0.492. The number of phenols is 1. The molecule has 0 aliphatic heterocycles. The summed E-state index contributed by atoms with van der Waals surface area (Å²) >= 11 is 0. The lowest BCUT2D eigenvalue weighted by Gasteiger charge is -2.13. The summed E-state index contributed by atoms with van der Waals surface area (Å²) in [4.78, 5) is 44.4. The molecule has 1 aromatic rings. The number of hydrogen-bond donors (Lipinski definition) is 1. The Morgan fingerprint density at radius 2 is 1.56 bits per heavy atom. The van der Waals surface area contributed by atoms with Crippen molar-refractivity contribution in [3.63, 3.8) is 0 Å². The molecule has 0 fully saturated rings. The number of aromatic hydroxyl groups is 1. The number of allylic oxidation sites excluding steroid dienone is 9. The smallest absolute Gasteiger partial charge is 0.317 e. The van der Waals surface area contributed by atoms with Gasteiger partial charge < -0.3 is 5.11 Å². The number of nitrogens with zero attached hydrogens (tertiary/aromatic N) is 2. The van der Waals surface area contributed by atoms with Crippen LogP contribution in [0, 0.1) is 20.2 Å². The lowest BCUT2D eigenvalue weighted by molar-refractivity contribution is -0.418. The summed E-state index contributed by atoms with van der Waals surface area (Å²) in [5.41, 5.74) is -0.592. The van der Waals surface area contributed by atoms with Crippen LogP contribution in [0.25, 0.3) is 5.57 Å². The number of phenolic OH excluding ortho intramolecular Hbond substituents is 1. The second-order valence-corrected chi connectivity index (χ2v) is 5.61. The molecule has 0 radical (unpaired) electrons. The van der Waals surface area contributed by atoms with E-state index in [0.29, 0.717) is 5.57 Å². The standard InChI is InChI=1S/C18H10N2O7/c21-13-4-1-10(2-5-13)14-7-12(9-16(18(14)23)20(26)27)11-3-6-17(22)15(8-11)19(24)25/h1-9,22H. The van der Waals surface area contributed by atoms with E-state index in [1.165, 1.54) is 36.4 Å². The van der Waals surface area contributed by atoms with Gasteiger partial charge in [0.1, 0.15) is 0 Å². The average Bonchev–Trinajstić information content (AvgIpc) is 2.63. The number of rotatable bonds is 3. The Kier molecular flexibility index (Phi) is 4.34. The molecule has 9 heteroatoms. The van der Waals surface area contributed by atoms with Crippen molar-refractivity contribution in [2.45, 2.75) is 0 Å². The first-order valence-electron chi connectivity index (χ1n) is 7.52. The van der Waals surface area contributed by atoms with Gasteiger partial charge in [0, 0.05) is 17.7 Å². The number of benzene rings is 1. The van der Waals surface area contributed by atoms with Crippen LogP contribution in [0.3, 0.4) is 0 Å². The summed E-state index contributed by atoms with van der Waals surface area (Å²) in [7, 11) is 0. The molecule has 27 heavy (non-hydrogen) atoms. The fourth-order valence-corrected chi connectivity index (χ4v) is 2.61. The molecule has 2 aliphatic carbocycles. The van der Waals surface area contributed by atoms with Crippen molar-refractivity contribution in [2.75, 3.05) is 0 Å². The van der Waals surface area contributed by atoms with Crippen LogP contribution < -0.4 is 0 Å². The molecule has 0 aromatic heterocycles. The molecule has 9 nitrogen and oxygen atoms in total. The maximum absolute atomic E-state index is 12.4. The number of carbonyl (C=O) groups excluding carboxylic acids is 2. The average molecular weight is 366 g/mol. The Balaban J connectivity index is 2.20. The zero-order valence-electron chi connectivity index (χ0n) is 13.5. The Morgan fingerprint density at radius 3 is 2.15 bits per heavy atom. The summed E-state index contributed by atoms with van der Waals surface area (Å²) in [5, 5.41) is 31.9. The zero-order chi connectivity index (χ0) is 19.7. The van der Waals surface area contributed by atoms with Gasteiger partial charge in [-0.05, 0) is 41.0 Å². The molecule has 0 bridgehead atoms. The van der Waals surface area contributed by atoms with E-state index in [1.807, 2.05) is 0 Å². The molecule has 1 N–H and O–H groups in total. The topological polar surface area (TPSA) is 141 Å².